The highest BCUT2D eigenvalue weighted by Crippen LogP contribution is 2.08. The molecule has 7 nitrogen and oxygen atoms in total. The van der Waals surface area contributed by atoms with Crippen molar-refractivity contribution in [2.24, 2.45) is 0 Å². The van der Waals surface area contributed by atoms with Crippen molar-refractivity contribution in [2.45, 2.75) is 13.8 Å². The summed E-state index contributed by atoms with van der Waals surface area (Å²) in [6, 6.07) is 5.43. The van der Waals surface area contributed by atoms with Crippen molar-refractivity contribution < 1.29 is 9.21 Å². The van der Waals surface area contributed by atoms with Gasteiger partial charge in [0.2, 0.25) is 11.9 Å². The van der Waals surface area contributed by atoms with E-state index in [0.29, 0.717) is 24.8 Å². The molecule has 2 heterocycles. The summed E-state index contributed by atoms with van der Waals surface area (Å²) in [5.41, 5.74) is 0.879. The standard InChI is InChI=1S/C16H21N5O2/c1-3-17-14-11-12(2)20-16(21-14)19-9-8-18-15(22)7-6-13-5-4-10-23-13/h4-7,10-11H,3,8-9H2,1-2H3,(H,18,22)(H2,17,19,20,21)/b7-6+. The fourth-order valence-corrected chi connectivity index (χ4v) is 1.88. The lowest BCUT2D eigenvalue weighted by molar-refractivity contribution is -0.116. The number of carbonyl (C=O) groups excluding carboxylic acids is 1. The number of rotatable bonds is 8. The molecule has 0 radical (unpaired) electrons. The topological polar surface area (TPSA) is 92.1 Å². The number of nitrogens with zero attached hydrogens (tertiary/aromatic N) is 2. The van der Waals surface area contributed by atoms with Crippen LogP contribution in [0.4, 0.5) is 11.8 Å². The van der Waals surface area contributed by atoms with E-state index in [4.69, 9.17) is 4.42 Å². The van der Waals surface area contributed by atoms with Gasteiger partial charge in [0.05, 0.1) is 6.26 Å². The van der Waals surface area contributed by atoms with Gasteiger partial charge >= 0.3 is 0 Å². The Bertz CT molecular complexity index is 652. The maximum Gasteiger partial charge on any atom is 0.244 e. The quantitative estimate of drug-likeness (QED) is 0.510. The Morgan fingerprint density at radius 3 is 2.91 bits per heavy atom. The SMILES string of the molecule is CCNc1cc(C)nc(NCCNC(=O)/C=C/c2ccco2)n1. The number of anilines is 2. The molecule has 0 saturated carbocycles. The number of furan rings is 1. The van der Waals surface area contributed by atoms with Gasteiger partial charge in [-0.3, -0.25) is 4.79 Å². The van der Waals surface area contributed by atoms with Gasteiger partial charge in [-0.25, -0.2) is 4.98 Å². The van der Waals surface area contributed by atoms with E-state index in [-0.39, 0.29) is 5.91 Å². The van der Waals surface area contributed by atoms with E-state index < -0.39 is 0 Å². The Hall–Kier alpha value is -2.83. The normalized spacial score (nSPS) is 10.7. The van der Waals surface area contributed by atoms with Gasteiger partial charge in [0.25, 0.3) is 0 Å². The molecule has 2 aromatic heterocycles. The van der Waals surface area contributed by atoms with E-state index in [2.05, 4.69) is 25.9 Å². The molecule has 2 rings (SSSR count). The van der Waals surface area contributed by atoms with Crippen LogP contribution in [0, 0.1) is 6.92 Å². The maximum atomic E-state index is 11.6. The number of nitrogens with one attached hydrogen (secondary N) is 3. The lowest BCUT2D eigenvalue weighted by Crippen LogP contribution is -2.27. The van der Waals surface area contributed by atoms with Crippen LogP contribution < -0.4 is 16.0 Å². The molecule has 0 aliphatic rings. The molecule has 3 N–H and O–H groups in total. The minimum absolute atomic E-state index is 0.179. The molecule has 0 aliphatic carbocycles. The largest absolute Gasteiger partial charge is 0.465 e. The number of carbonyl (C=O) groups is 1. The van der Waals surface area contributed by atoms with Gasteiger partial charge < -0.3 is 20.4 Å². The third-order valence-electron chi connectivity index (χ3n) is 2.86. The van der Waals surface area contributed by atoms with Gasteiger partial charge in [-0.1, -0.05) is 0 Å². The predicted octanol–water partition coefficient (Wildman–Crippen LogP) is 2.05. The molecule has 0 fully saturated rings. The summed E-state index contributed by atoms with van der Waals surface area (Å²) >= 11 is 0. The molecular formula is C16H21N5O2. The van der Waals surface area contributed by atoms with Gasteiger partial charge in [-0.2, -0.15) is 4.98 Å². The zero-order valence-corrected chi connectivity index (χ0v) is 13.3. The van der Waals surface area contributed by atoms with Crippen LogP contribution in [-0.2, 0) is 4.79 Å². The summed E-state index contributed by atoms with van der Waals surface area (Å²) in [4.78, 5) is 20.3. The van der Waals surface area contributed by atoms with Gasteiger partial charge in [0.15, 0.2) is 0 Å². The molecule has 122 valence electrons. The highest BCUT2D eigenvalue weighted by atomic mass is 16.3. The van der Waals surface area contributed by atoms with Crippen molar-refractivity contribution in [3.63, 3.8) is 0 Å². The Balaban J connectivity index is 1.73. The van der Waals surface area contributed by atoms with Crippen molar-refractivity contribution in [2.75, 3.05) is 30.3 Å². The van der Waals surface area contributed by atoms with E-state index in [9.17, 15) is 4.79 Å². The molecule has 23 heavy (non-hydrogen) atoms. The Morgan fingerprint density at radius 1 is 1.30 bits per heavy atom. The van der Waals surface area contributed by atoms with Crippen LogP contribution >= 0.6 is 0 Å². The van der Waals surface area contributed by atoms with E-state index in [1.165, 1.54) is 6.08 Å². The summed E-state index contributed by atoms with van der Waals surface area (Å²) in [5, 5.41) is 9.01. The summed E-state index contributed by atoms with van der Waals surface area (Å²) < 4.78 is 5.11. The highest BCUT2D eigenvalue weighted by molar-refractivity contribution is 5.91. The summed E-state index contributed by atoms with van der Waals surface area (Å²) in [6.07, 6.45) is 4.62. The van der Waals surface area contributed by atoms with Gasteiger partial charge in [0.1, 0.15) is 11.6 Å². The number of amides is 1. The van der Waals surface area contributed by atoms with Crippen molar-refractivity contribution >= 4 is 23.7 Å². The van der Waals surface area contributed by atoms with Crippen molar-refractivity contribution in [1.29, 1.82) is 0 Å². The Kier molecular flexibility index (Phi) is 6.17. The second-order valence-electron chi connectivity index (χ2n) is 4.82. The fourth-order valence-electron chi connectivity index (χ4n) is 1.88. The molecule has 0 bridgehead atoms. The van der Waals surface area contributed by atoms with Gasteiger partial charge in [-0.15, -0.1) is 0 Å². The average molecular weight is 315 g/mol. The molecule has 2 aromatic rings. The molecular weight excluding hydrogens is 294 g/mol. The lowest BCUT2D eigenvalue weighted by Gasteiger charge is -2.09. The summed E-state index contributed by atoms with van der Waals surface area (Å²) in [6.45, 7) is 5.73. The second-order valence-corrected chi connectivity index (χ2v) is 4.82. The number of hydrogen-bond acceptors (Lipinski definition) is 6. The van der Waals surface area contributed by atoms with Crippen molar-refractivity contribution in [3.8, 4) is 0 Å². The van der Waals surface area contributed by atoms with Crippen LogP contribution in [-0.4, -0.2) is 35.5 Å². The number of hydrogen-bond donors (Lipinski definition) is 3. The average Bonchev–Trinajstić information content (AvgIpc) is 3.03. The first-order valence-electron chi connectivity index (χ1n) is 7.50. The molecule has 0 atom stereocenters. The van der Waals surface area contributed by atoms with Crippen molar-refractivity contribution in [1.82, 2.24) is 15.3 Å². The van der Waals surface area contributed by atoms with Gasteiger partial charge in [0, 0.05) is 37.5 Å². The van der Waals surface area contributed by atoms with Crippen molar-refractivity contribution in [3.05, 3.63) is 42.0 Å². The Morgan fingerprint density at radius 2 is 2.17 bits per heavy atom. The molecule has 0 aliphatic heterocycles. The fraction of sp³-hybridized carbons (Fsp3) is 0.312. The van der Waals surface area contributed by atoms with E-state index in [0.717, 1.165) is 18.1 Å². The summed E-state index contributed by atoms with van der Waals surface area (Å²) in [5.74, 6) is 1.79. The van der Waals surface area contributed by atoms with E-state index in [1.807, 2.05) is 19.9 Å². The first kappa shape index (κ1) is 16.5. The van der Waals surface area contributed by atoms with Crippen LogP contribution in [0.15, 0.2) is 35.0 Å². The molecule has 0 spiro atoms. The predicted molar refractivity (Wildman–Crippen MR) is 90.2 cm³/mol. The lowest BCUT2D eigenvalue weighted by atomic mass is 10.4. The molecule has 1 amide bonds. The third kappa shape index (κ3) is 5.82. The molecule has 7 heteroatoms. The second kappa shape index (κ2) is 8.57. The van der Waals surface area contributed by atoms with E-state index >= 15 is 0 Å². The zero-order chi connectivity index (χ0) is 16.5. The first-order valence-corrected chi connectivity index (χ1v) is 7.50. The zero-order valence-electron chi connectivity index (χ0n) is 13.3. The third-order valence-corrected chi connectivity index (χ3v) is 2.86. The highest BCUT2D eigenvalue weighted by Gasteiger charge is 2.01. The minimum Gasteiger partial charge on any atom is -0.465 e. The first-order chi connectivity index (χ1) is 11.2. The molecule has 0 saturated heterocycles. The number of aryl methyl sites for hydroxylation is 1. The minimum atomic E-state index is -0.179. The molecule has 0 aromatic carbocycles. The van der Waals surface area contributed by atoms with Gasteiger partial charge in [-0.05, 0) is 32.1 Å². The molecule has 0 unspecified atom stereocenters. The van der Waals surface area contributed by atoms with Crippen LogP contribution in [0.2, 0.25) is 0 Å². The monoisotopic (exact) mass is 315 g/mol. The summed E-state index contributed by atoms with van der Waals surface area (Å²) in [7, 11) is 0. The Labute approximate surface area is 135 Å². The smallest absolute Gasteiger partial charge is 0.244 e. The number of aromatic nitrogens is 2. The van der Waals surface area contributed by atoms with Crippen LogP contribution in [0.25, 0.3) is 6.08 Å². The van der Waals surface area contributed by atoms with Crippen LogP contribution in [0.1, 0.15) is 18.4 Å². The maximum absolute atomic E-state index is 11.6. The van der Waals surface area contributed by atoms with Crippen LogP contribution in [0.3, 0.4) is 0 Å². The van der Waals surface area contributed by atoms with E-state index in [1.54, 1.807) is 24.5 Å². The van der Waals surface area contributed by atoms with Crippen LogP contribution in [0.5, 0.6) is 0 Å².